The summed E-state index contributed by atoms with van der Waals surface area (Å²) in [6.07, 6.45) is -3.50. The Labute approximate surface area is 140 Å². The summed E-state index contributed by atoms with van der Waals surface area (Å²) in [6, 6.07) is 2.12. The van der Waals surface area contributed by atoms with E-state index in [9.17, 15) is 27.2 Å². The predicted molar refractivity (Wildman–Crippen MR) is 81.0 cm³/mol. The van der Waals surface area contributed by atoms with Crippen LogP contribution >= 0.6 is 15.9 Å². The molecule has 1 aromatic carbocycles. The van der Waals surface area contributed by atoms with Crippen LogP contribution in [0.4, 0.5) is 17.6 Å². The average Bonchev–Trinajstić information content (AvgIpc) is 2.46. The highest BCUT2D eigenvalue weighted by Gasteiger charge is 2.33. The largest absolute Gasteiger partial charge is 0.488 e. The van der Waals surface area contributed by atoms with E-state index in [0.717, 1.165) is 12.1 Å². The van der Waals surface area contributed by atoms with E-state index in [-0.39, 0.29) is 27.5 Å². The Morgan fingerprint density at radius 3 is 2.50 bits per heavy atom. The first-order chi connectivity index (χ1) is 11.1. The molecule has 0 bridgehead atoms. The fraction of sp³-hybridized carbons (Fsp3) is 0.143. The summed E-state index contributed by atoms with van der Waals surface area (Å²) in [4.78, 5) is 25.2. The summed E-state index contributed by atoms with van der Waals surface area (Å²) >= 11 is 3.04. The standard InChI is InChI=1S/C14H9BrF4N2O3/c1-2-3-24-10-5-9(8(16)4-7(10)15)21-12(22)6-11(14(17,18)19)20-13(21)23/h2,4-6H,1,3H2,(H,20,23). The number of benzene rings is 1. The van der Waals surface area contributed by atoms with Gasteiger partial charge in [0, 0.05) is 12.1 Å². The lowest BCUT2D eigenvalue weighted by atomic mass is 10.2. The van der Waals surface area contributed by atoms with Crippen LogP contribution in [-0.2, 0) is 6.18 Å². The van der Waals surface area contributed by atoms with Crippen LogP contribution in [-0.4, -0.2) is 16.2 Å². The van der Waals surface area contributed by atoms with Crippen molar-refractivity contribution < 1.29 is 22.3 Å². The van der Waals surface area contributed by atoms with Crippen LogP contribution in [0.3, 0.4) is 0 Å². The molecule has 0 aliphatic heterocycles. The van der Waals surface area contributed by atoms with Gasteiger partial charge in [-0.3, -0.25) is 4.79 Å². The summed E-state index contributed by atoms with van der Waals surface area (Å²) in [5.74, 6) is -0.919. The van der Waals surface area contributed by atoms with Gasteiger partial charge in [-0.05, 0) is 22.0 Å². The van der Waals surface area contributed by atoms with E-state index < -0.39 is 34.6 Å². The fourth-order valence-corrected chi connectivity index (χ4v) is 2.26. The third-order valence-corrected chi connectivity index (χ3v) is 3.46. The highest BCUT2D eigenvalue weighted by Crippen LogP contribution is 2.30. The first-order valence-electron chi connectivity index (χ1n) is 6.32. The van der Waals surface area contributed by atoms with E-state index in [4.69, 9.17) is 4.74 Å². The molecule has 0 aliphatic carbocycles. The van der Waals surface area contributed by atoms with Gasteiger partial charge < -0.3 is 9.72 Å². The summed E-state index contributed by atoms with van der Waals surface area (Å²) in [5.41, 5.74) is -4.82. The molecular formula is C14H9BrF4N2O3. The van der Waals surface area contributed by atoms with Crippen LogP contribution in [0.25, 0.3) is 5.69 Å². The first kappa shape index (κ1) is 18.0. The second-order valence-electron chi connectivity index (χ2n) is 4.49. The van der Waals surface area contributed by atoms with Gasteiger partial charge in [-0.25, -0.2) is 13.8 Å². The van der Waals surface area contributed by atoms with Crippen molar-refractivity contribution in [3.05, 3.63) is 67.7 Å². The van der Waals surface area contributed by atoms with E-state index in [1.807, 2.05) is 0 Å². The van der Waals surface area contributed by atoms with E-state index in [1.165, 1.54) is 11.1 Å². The number of ether oxygens (including phenoxy) is 1. The molecule has 0 radical (unpaired) electrons. The van der Waals surface area contributed by atoms with Gasteiger partial charge >= 0.3 is 11.9 Å². The third kappa shape index (κ3) is 3.58. The Morgan fingerprint density at radius 1 is 1.29 bits per heavy atom. The normalized spacial score (nSPS) is 11.4. The van der Waals surface area contributed by atoms with Crippen molar-refractivity contribution in [1.82, 2.24) is 9.55 Å². The smallest absolute Gasteiger partial charge is 0.431 e. The molecule has 10 heteroatoms. The summed E-state index contributed by atoms with van der Waals surface area (Å²) in [7, 11) is 0. The van der Waals surface area contributed by atoms with Gasteiger partial charge in [0.15, 0.2) is 0 Å². The average molecular weight is 409 g/mol. The predicted octanol–water partition coefficient (Wildman–Crippen LogP) is 3.01. The minimum atomic E-state index is -4.91. The van der Waals surface area contributed by atoms with Gasteiger partial charge in [-0.1, -0.05) is 12.7 Å². The SMILES string of the molecule is C=CCOc1cc(-n2c(=O)cc(C(F)(F)F)[nH]c2=O)c(F)cc1Br. The number of rotatable bonds is 4. The lowest BCUT2D eigenvalue weighted by Gasteiger charge is -2.12. The topological polar surface area (TPSA) is 64.1 Å². The Kier molecular flexibility index (Phi) is 4.97. The molecule has 0 aliphatic rings. The van der Waals surface area contributed by atoms with Crippen molar-refractivity contribution in [3.8, 4) is 11.4 Å². The second-order valence-corrected chi connectivity index (χ2v) is 5.35. The van der Waals surface area contributed by atoms with Crippen molar-refractivity contribution in [2.24, 2.45) is 0 Å². The van der Waals surface area contributed by atoms with E-state index in [2.05, 4.69) is 22.5 Å². The molecule has 1 aromatic heterocycles. The molecule has 0 atom stereocenters. The molecular weight excluding hydrogens is 400 g/mol. The molecule has 0 saturated heterocycles. The summed E-state index contributed by atoms with van der Waals surface area (Å²) in [6.45, 7) is 3.49. The minimum absolute atomic E-state index is 0.0575. The molecule has 0 spiro atoms. The van der Waals surface area contributed by atoms with Crippen molar-refractivity contribution in [3.63, 3.8) is 0 Å². The number of halogens is 5. The Balaban J connectivity index is 2.66. The zero-order valence-electron chi connectivity index (χ0n) is 11.8. The number of aromatic amines is 1. The third-order valence-electron chi connectivity index (χ3n) is 2.84. The zero-order valence-corrected chi connectivity index (χ0v) is 13.4. The molecule has 1 N–H and O–H groups in total. The molecule has 0 amide bonds. The summed E-state index contributed by atoms with van der Waals surface area (Å²) < 4.78 is 57.5. The molecule has 2 rings (SSSR count). The van der Waals surface area contributed by atoms with Crippen molar-refractivity contribution in [2.45, 2.75) is 6.18 Å². The molecule has 0 saturated carbocycles. The number of hydrogen-bond acceptors (Lipinski definition) is 3. The Bertz CT molecular complexity index is 871. The van der Waals surface area contributed by atoms with Crippen LogP contribution < -0.4 is 16.0 Å². The molecule has 1 heterocycles. The van der Waals surface area contributed by atoms with E-state index in [0.29, 0.717) is 0 Å². The maximum absolute atomic E-state index is 14.1. The Hall–Kier alpha value is -2.36. The van der Waals surface area contributed by atoms with Gasteiger partial charge in [0.2, 0.25) is 0 Å². The number of nitrogens with one attached hydrogen (secondary N) is 1. The number of nitrogens with zero attached hydrogens (tertiary/aromatic N) is 1. The van der Waals surface area contributed by atoms with Crippen LogP contribution in [0.1, 0.15) is 5.69 Å². The van der Waals surface area contributed by atoms with Crippen LogP contribution in [0.15, 0.2) is 44.9 Å². The van der Waals surface area contributed by atoms with Crippen LogP contribution in [0.5, 0.6) is 5.75 Å². The fourth-order valence-electron chi connectivity index (χ4n) is 1.83. The summed E-state index contributed by atoms with van der Waals surface area (Å²) in [5, 5.41) is 0. The quantitative estimate of drug-likeness (QED) is 0.624. The van der Waals surface area contributed by atoms with Crippen molar-refractivity contribution in [2.75, 3.05) is 6.61 Å². The second kappa shape index (κ2) is 6.63. The maximum Gasteiger partial charge on any atom is 0.431 e. The molecule has 24 heavy (non-hydrogen) atoms. The Morgan fingerprint density at radius 2 is 1.96 bits per heavy atom. The van der Waals surface area contributed by atoms with E-state index >= 15 is 0 Å². The van der Waals surface area contributed by atoms with Crippen molar-refractivity contribution >= 4 is 15.9 Å². The first-order valence-corrected chi connectivity index (χ1v) is 7.11. The van der Waals surface area contributed by atoms with Crippen molar-refractivity contribution in [1.29, 1.82) is 0 Å². The van der Waals surface area contributed by atoms with Crippen LogP contribution in [0, 0.1) is 5.82 Å². The molecule has 128 valence electrons. The molecule has 2 aromatic rings. The minimum Gasteiger partial charge on any atom is -0.488 e. The molecule has 0 unspecified atom stereocenters. The van der Waals surface area contributed by atoms with Gasteiger partial charge in [-0.15, -0.1) is 0 Å². The molecule has 5 nitrogen and oxygen atoms in total. The molecule has 0 fully saturated rings. The number of alkyl halides is 3. The maximum atomic E-state index is 14.1. The monoisotopic (exact) mass is 408 g/mol. The van der Waals surface area contributed by atoms with Gasteiger partial charge in [-0.2, -0.15) is 13.2 Å². The van der Waals surface area contributed by atoms with E-state index in [1.54, 1.807) is 0 Å². The van der Waals surface area contributed by atoms with Gasteiger partial charge in [0.25, 0.3) is 5.56 Å². The number of aromatic nitrogens is 2. The van der Waals surface area contributed by atoms with Crippen LogP contribution in [0.2, 0.25) is 0 Å². The lowest BCUT2D eigenvalue weighted by molar-refractivity contribution is -0.141. The highest BCUT2D eigenvalue weighted by atomic mass is 79.9. The zero-order chi connectivity index (χ0) is 18.1. The number of hydrogen-bond donors (Lipinski definition) is 1. The highest BCUT2D eigenvalue weighted by molar-refractivity contribution is 9.10. The lowest BCUT2D eigenvalue weighted by Crippen LogP contribution is -2.36. The number of H-pyrrole nitrogens is 1. The van der Waals surface area contributed by atoms with Gasteiger partial charge in [0.05, 0.1) is 10.2 Å². The van der Waals surface area contributed by atoms with Gasteiger partial charge in [0.1, 0.15) is 23.9 Å².